The van der Waals surface area contributed by atoms with E-state index in [9.17, 15) is 16.8 Å². The van der Waals surface area contributed by atoms with Gasteiger partial charge in [0, 0.05) is 13.1 Å². The third kappa shape index (κ3) is 3.14. The monoisotopic (exact) mass is 305 g/mol. The Morgan fingerprint density at radius 3 is 2.11 bits per heavy atom. The standard InChI is InChI=1S/C11H15NO5S2/c13-9-10-1-3-11(4-2-10)19(16,17)12-5-7-18(14,15)8-6-12/h1-4,13H,5-9H2. The van der Waals surface area contributed by atoms with E-state index >= 15 is 0 Å². The minimum Gasteiger partial charge on any atom is -0.392 e. The molecule has 0 atom stereocenters. The molecule has 8 heteroatoms. The highest BCUT2D eigenvalue weighted by Gasteiger charge is 2.30. The molecule has 1 aromatic rings. The Kier molecular flexibility index (Phi) is 3.95. The van der Waals surface area contributed by atoms with Crippen LogP contribution < -0.4 is 0 Å². The molecule has 0 amide bonds. The second-order valence-corrected chi connectivity index (χ2v) is 8.60. The third-order valence-electron chi connectivity index (χ3n) is 3.05. The first kappa shape index (κ1) is 14.4. The summed E-state index contributed by atoms with van der Waals surface area (Å²) in [6, 6.07) is 5.91. The van der Waals surface area contributed by atoms with Gasteiger partial charge in [0.2, 0.25) is 10.0 Å². The molecular weight excluding hydrogens is 290 g/mol. The summed E-state index contributed by atoms with van der Waals surface area (Å²) in [5.41, 5.74) is 0.625. The SMILES string of the molecule is O=S1(=O)CCN(S(=O)(=O)c2ccc(CO)cc2)CC1. The van der Waals surface area contributed by atoms with Crippen molar-refractivity contribution in [1.29, 1.82) is 0 Å². The fourth-order valence-electron chi connectivity index (χ4n) is 1.85. The van der Waals surface area contributed by atoms with Crippen molar-refractivity contribution in [2.75, 3.05) is 24.6 Å². The molecule has 2 rings (SSSR count). The Hall–Kier alpha value is -0.960. The van der Waals surface area contributed by atoms with Gasteiger partial charge in [-0.25, -0.2) is 16.8 Å². The Balaban J connectivity index is 2.22. The molecule has 1 fully saturated rings. The van der Waals surface area contributed by atoms with Crippen molar-refractivity contribution >= 4 is 19.9 Å². The van der Waals surface area contributed by atoms with Crippen molar-refractivity contribution in [2.45, 2.75) is 11.5 Å². The number of hydrogen-bond acceptors (Lipinski definition) is 5. The lowest BCUT2D eigenvalue weighted by molar-refractivity contribution is 0.281. The minimum absolute atomic E-state index is 0.00752. The molecule has 1 heterocycles. The second-order valence-electron chi connectivity index (χ2n) is 4.36. The molecule has 0 radical (unpaired) electrons. The Morgan fingerprint density at radius 2 is 1.63 bits per heavy atom. The van der Waals surface area contributed by atoms with Gasteiger partial charge in [-0.2, -0.15) is 4.31 Å². The van der Waals surface area contributed by atoms with E-state index in [2.05, 4.69) is 0 Å². The topological polar surface area (TPSA) is 91.8 Å². The fourth-order valence-corrected chi connectivity index (χ4v) is 4.73. The number of sulfone groups is 1. The lowest BCUT2D eigenvalue weighted by atomic mass is 10.2. The average molecular weight is 305 g/mol. The first-order valence-corrected chi connectivity index (χ1v) is 9.02. The molecular formula is C11H15NO5S2. The molecule has 0 unspecified atom stereocenters. The van der Waals surface area contributed by atoms with Gasteiger partial charge < -0.3 is 5.11 Å². The Bertz CT molecular complexity index is 635. The molecule has 1 aliphatic heterocycles. The summed E-state index contributed by atoms with van der Waals surface area (Å²) in [5.74, 6) is -0.276. The summed E-state index contributed by atoms with van der Waals surface area (Å²) in [5, 5.41) is 8.91. The van der Waals surface area contributed by atoms with Gasteiger partial charge in [-0.1, -0.05) is 12.1 Å². The van der Waals surface area contributed by atoms with Crippen molar-refractivity contribution in [3.05, 3.63) is 29.8 Å². The van der Waals surface area contributed by atoms with E-state index in [1.807, 2.05) is 0 Å². The summed E-state index contributed by atoms with van der Waals surface area (Å²) in [7, 11) is -6.76. The summed E-state index contributed by atoms with van der Waals surface area (Å²) < 4.78 is 48.3. The van der Waals surface area contributed by atoms with Crippen molar-refractivity contribution in [3.63, 3.8) is 0 Å². The molecule has 0 saturated carbocycles. The minimum atomic E-state index is -3.65. The van der Waals surface area contributed by atoms with Gasteiger partial charge >= 0.3 is 0 Å². The van der Waals surface area contributed by atoms with Gasteiger partial charge in [-0.3, -0.25) is 0 Å². The zero-order valence-electron chi connectivity index (χ0n) is 10.2. The quantitative estimate of drug-likeness (QED) is 0.820. The highest BCUT2D eigenvalue weighted by molar-refractivity contribution is 7.92. The van der Waals surface area contributed by atoms with Crippen molar-refractivity contribution < 1.29 is 21.9 Å². The van der Waals surface area contributed by atoms with E-state index in [1.54, 1.807) is 0 Å². The average Bonchev–Trinajstić information content (AvgIpc) is 2.38. The van der Waals surface area contributed by atoms with Crippen LogP contribution in [-0.4, -0.2) is 50.8 Å². The number of rotatable bonds is 3. The number of nitrogens with zero attached hydrogens (tertiary/aromatic N) is 1. The molecule has 0 aromatic heterocycles. The molecule has 6 nitrogen and oxygen atoms in total. The molecule has 1 saturated heterocycles. The van der Waals surface area contributed by atoms with Gasteiger partial charge in [-0.15, -0.1) is 0 Å². The predicted octanol–water partition coefficient (Wildman–Crippen LogP) is -0.402. The van der Waals surface area contributed by atoms with Crippen LogP contribution in [-0.2, 0) is 26.5 Å². The number of aliphatic hydroxyl groups excluding tert-OH is 1. The van der Waals surface area contributed by atoms with Crippen LogP contribution in [0.15, 0.2) is 29.2 Å². The molecule has 1 aliphatic rings. The van der Waals surface area contributed by atoms with Gasteiger partial charge in [-0.05, 0) is 17.7 Å². The third-order valence-corrected chi connectivity index (χ3v) is 6.57. The molecule has 1 aromatic carbocycles. The van der Waals surface area contributed by atoms with E-state index in [4.69, 9.17) is 5.11 Å². The molecule has 0 bridgehead atoms. The molecule has 106 valence electrons. The highest BCUT2D eigenvalue weighted by atomic mass is 32.2. The summed E-state index contributed by atoms with van der Waals surface area (Å²) in [4.78, 5) is 0.115. The highest BCUT2D eigenvalue weighted by Crippen LogP contribution is 2.18. The zero-order valence-corrected chi connectivity index (χ0v) is 11.8. The zero-order chi connectivity index (χ0) is 14.1. The first-order valence-electron chi connectivity index (χ1n) is 5.75. The fraction of sp³-hybridized carbons (Fsp3) is 0.455. The number of benzene rings is 1. The van der Waals surface area contributed by atoms with Crippen molar-refractivity contribution in [3.8, 4) is 0 Å². The largest absolute Gasteiger partial charge is 0.392 e. The van der Waals surface area contributed by atoms with Crippen molar-refractivity contribution in [2.24, 2.45) is 0 Å². The smallest absolute Gasteiger partial charge is 0.243 e. The maximum Gasteiger partial charge on any atom is 0.243 e. The normalized spacial score (nSPS) is 20.3. The molecule has 19 heavy (non-hydrogen) atoms. The number of hydrogen-bond donors (Lipinski definition) is 1. The van der Waals surface area contributed by atoms with Crippen LogP contribution in [0.5, 0.6) is 0 Å². The molecule has 0 aliphatic carbocycles. The maximum atomic E-state index is 12.3. The summed E-state index contributed by atoms with van der Waals surface area (Å²) in [6.07, 6.45) is 0. The van der Waals surface area contributed by atoms with Crippen LogP contribution in [0.2, 0.25) is 0 Å². The van der Waals surface area contributed by atoms with Gasteiger partial charge in [0.15, 0.2) is 9.84 Å². The lowest BCUT2D eigenvalue weighted by Gasteiger charge is -2.25. The van der Waals surface area contributed by atoms with Crippen LogP contribution in [0.25, 0.3) is 0 Å². The predicted molar refractivity (Wildman–Crippen MR) is 69.8 cm³/mol. The first-order chi connectivity index (χ1) is 8.85. The van der Waals surface area contributed by atoms with Crippen LogP contribution in [0, 0.1) is 0 Å². The van der Waals surface area contributed by atoms with E-state index in [0.29, 0.717) is 5.56 Å². The van der Waals surface area contributed by atoms with Gasteiger partial charge in [0.1, 0.15) is 0 Å². The van der Waals surface area contributed by atoms with E-state index in [1.165, 1.54) is 28.6 Å². The van der Waals surface area contributed by atoms with Crippen LogP contribution >= 0.6 is 0 Å². The van der Waals surface area contributed by atoms with Crippen molar-refractivity contribution in [1.82, 2.24) is 4.31 Å². The van der Waals surface area contributed by atoms with E-state index < -0.39 is 19.9 Å². The van der Waals surface area contributed by atoms with Crippen LogP contribution in [0.3, 0.4) is 0 Å². The molecule has 0 spiro atoms. The maximum absolute atomic E-state index is 12.3. The number of sulfonamides is 1. The second kappa shape index (κ2) is 5.20. The Morgan fingerprint density at radius 1 is 1.11 bits per heavy atom. The van der Waals surface area contributed by atoms with E-state index in [0.717, 1.165) is 0 Å². The van der Waals surface area contributed by atoms with E-state index in [-0.39, 0.29) is 36.1 Å². The van der Waals surface area contributed by atoms with Gasteiger partial charge in [0.05, 0.1) is 23.0 Å². The molecule has 1 N–H and O–H groups in total. The number of aliphatic hydroxyl groups is 1. The Labute approximate surface area is 112 Å². The lowest BCUT2D eigenvalue weighted by Crippen LogP contribution is -2.43. The summed E-state index contributed by atoms with van der Waals surface area (Å²) in [6.45, 7) is -0.166. The van der Waals surface area contributed by atoms with Crippen LogP contribution in [0.1, 0.15) is 5.56 Å². The van der Waals surface area contributed by atoms with Crippen LogP contribution in [0.4, 0.5) is 0 Å². The summed E-state index contributed by atoms with van der Waals surface area (Å²) >= 11 is 0. The van der Waals surface area contributed by atoms with Gasteiger partial charge in [0.25, 0.3) is 0 Å².